The molecule has 0 saturated heterocycles. The topological polar surface area (TPSA) is 72.0 Å². The predicted octanol–water partition coefficient (Wildman–Crippen LogP) is 3.33. The van der Waals surface area contributed by atoms with Gasteiger partial charge in [0.2, 0.25) is 11.9 Å². The van der Waals surface area contributed by atoms with Crippen LogP contribution in [-0.4, -0.2) is 33.6 Å². The number of hydrogen-bond acceptors (Lipinski definition) is 6. The molecule has 0 spiro atoms. The molecule has 0 fully saturated rings. The van der Waals surface area contributed by atoms with E-state index in [9.17, 15) is 0 Å². The van der Waals surface area contributed by atoms with Crippen molar-refractivity contribution in [2.24, 2.45) is 5.92 Å². The number of ether oxygens (including phenoxy) is 1. The van der Waals surface area contributed by atoms with Crippen molar-refractivity contribution in [3.8, 4) is 6.01 Å². The van der Waals surface area contributed by atoms with Gasteiger partial charge in [0, 0.05) is 12.6 Å². The van der Waals surface area contributed by atoms with Crippen molar-refractivity contribution in [3.63, 3.8) is 0 Å². The minimum absolute atomic E-state index is 0.0337. The second-order valence-corrected chi connectivity index (χ2v) is 5.76. The predicted molar refractivity (Wildman–Crippen MR) is 86.9 cm³/mol. The summed E-state index contributed by atoms with van der Waals surface area (Å²) in [6, 6.07) is 0.693. The SMILES string of the molecule is CCCNc1nc(NC(CC)C(C)C)nc(OC(C)C)n1. The van der Waals surface area contributed by atoms with Gasteiger partial charge in [-0.25, -0.2) is 0 Å². The maximum Gasteiger partial charge on any atom is 0.323 e. The van der Waals surface area contributed by atoms with Crippen LogP contribution < -0.4 is 15.4 Å². The van der Waals surface area contributed by atoms with Gasteiger partial charge in [-0.2, -0.15) is 15.0 Å². The first-order chi connectivity index (χ1) is 9.96. The van der Waals surface area contributed by atoms with Gasteiger partial charge in [0.15, 0.2) is 0 Å². The maximum atomic E-state index is 5.61. The van der Waals surface area contributed by atoms with Crippen LogP contribution in [0.15, 0.2) is 0 Å². The molecule has 0 aliphatic carbocycles. The first-order valence-corrected chi connectivity index (χ1v) is 7.89. The summed E-state index contributed by atoms with van der Waals surface area (Å²) in [4.78, 5) is 13.1. The van der Waals surface area contributed by atoms with E-state index in [0.29, 0.717) is 29.9 Å². The minimum atomic E-state index is 0.0337. The number of nitrogens with zero attached hydrogens (tertiary/aromatic N) is 3. The van der Waals surface area contributed by atoms with Gasteiger partial charge < -0.3 is 15.4 Å². The fourth-order valence-electron chi connectivity index (χ4n) is 1.91. The summed E-state index contributed by atoms with van der Waals surface area (Å²) in [7, 11) is 0. The lowest BCUT2D eigenvalue weighted by Gasteiger charge is -2.21. The summed E-state index contributed by atoms with van der Waals surface area (Å²) in [5.74, 6) is 1.64. The molecule has 0 bridgehead atoms. The molecule has 0 aliphatic rings. The van der Waals surface area contributed by atoms with Crippen LogP contribution in [0.25, 0.3) is 0 Å². The summed E-state index contributed by atoms with van der Waals surface area (Å²) in [5, 5.41) is 6.56. The summed E-state index contributed by atoms with van der Waals surface area (Å²) in [6.45, 7) is 13.4. The third kappa shape index (κ3) is 6.14. The second kappa shape index (κ2) is 8.64. The van der Waals surface area contributed by atoms with E-state index in [2.05, 4.69) is 53.3 Å². The standard InChI is InChI=1S/C15H29N5O/c1-7-9-16-13-18-14(17-12(8-2)10(3)4)20-15(19-13)21-11(5)6/h10-12H,7-9H2,1-6H3,(H2,16,17,18,19,20). The van der Waals surface area contributed by atoms with Crippen molar-refractivity contribution >= 4 is 11.9 Å². The van der Waals surface area contributed by atoms with E-state index in [1.807, 2.05) is 13.8 Å². The lowest BCUT2D eigenvalue weighted by molar-refractivity contribution is 0.222. The van der Waals surface area contributed by atoms with Gasteiger partial charge in [-0.1, -0.05) is 27.7 Å². The van der Waals surface area contributed by atoms with Crippen molar-refractivity contribution in [3.05, 3.63) is 0 Å². The van der Waals surface area contributed by atoms with Crippen LogP contribution in [0, 0.1) is 5.92 Å². The summed E-state index contributed by atoms with van der Waals surface area (Å²) in [6.07, 6.45) is 2.06. The van der Waals surface area contributed by atoms with E-state index in [-0.39, 0.29) is 6.10 Å². The molecule has 1 aromatic heterocycles. The first-order valence-electron chi connectivity index (χ1n) is 7.89. The monoisotopic (exact) mass is 295 g/mol. The molecule has 1 atom stereocenters. The number of anilines is 2. The molecule has 1 rings (SSSR count). The molecule has 2 N–H and O–H groups in total. The highest BCUT2D eigenvalue weighted by Gasteiger charge is 2.15. The van der Waals surface area contributed by atoms with Gasteiger partial charge in [-0.15, -0.1) is 0 Å². The zero-order valence-corrected chi connectivity index (χ0v) is 14.1. The van der Waals surface area contributed by atoms with E-state index in [1.54, 1.807) is 0 Å². The molecule has 21 heavy (non-hydrogen) atoms. The Morgan fingerprint density at radius 1 is 1.00 bits per heavy atom. The zero-order chi connectivity index (χ0) is 15.8. The molecule has 1 unspecified atom stereocenters. The Labute approximate surface area is 128 Å². The van der Waals surface area contributed by atoms with E-state index < -0.39 is 0 Å². The molecule has 120 valence electrons. The lowest BCUT2D eigenvalue weighted by Crippen LogP contribution is -2.26. The van der Waals surface area contributed by atoms with Crippen molar-refractivity contribution in [1.82, 2.24) is 15.0 Å². The third-order valence-corrected chi connectivity index (χ3v) is 3.05. The molecule has 1 heterocycles. The van der Waals surface area contributed by atoms with Gasteiger partial charge in [0.1, 0.15) is 0 Å². The van der Waals surface area contributed by atoms with E-state index >= 15 is 0 Å². The van der Waals surface area contributed by atoms with E-state index in [4.69, 9.17) is 4.74 Å². The first kappa shape index (κ1) is 17.5. The Morgan fingerprint density at radius 3 is 2.19 bits per heavy atom. The molecule has 6 heteroatoms. The van der Waals surface area contributed by atoms with Crippen LogP contribution in [0.3, 0.4) is 0 Å². The molecule has 0 saturated carbocycles. The summed E-state index contributed by atoms with van der Waals surface area (Å²) in [5.41, 5.74) is 0. The van der Waals surface area contributed by atoms with Crippen LogP contribution >= 0.6 is 0 Å². The van der Waals surface area contributed by atoms with Crippen molar-refractivity contribution < 1.29 is 4.74 Å². The Bertz CT molecular complexity index is 423. The van der Waals surface area contributed by atoms with Crippen LogP contribution in [0.1, 0.15) is 54.4 Å². The van der Waals surface area contributed by atoms with Crippen LogP contribution in [-0.2, 0) is 0 Å². The fraction of sp³-hybridized carbons (Fsp3) is 0.800. The Balaban J connectivity index is 2.94. The Kier molecular flexibility index (Phi) is 7.19. The Hall–Kier alpha value is -1.59. The number of rotatable bonds is 9. The Morgan fingerprint density at radius 2 is 1.67 bits per heavy atom. The minimum Gasteiger partial charge on any atom is -0.461 e. The summed E-state index contributed by atoms with van der Waals surface area (Å²) < 4.78 is 5.61. The van der Waals surface area contributed by atoms with Gasteiger partial charge in [-0.05, 0) is 32.6 Å². The molecule has 6 nitrogen and oxygen atoms in total. The number of aromatic nitrogens is 3. The molecule has 0 aromatic carbocycles. The smallest absolute Gasteiger partial charge is 0.323 e. The molecule has 1 aromatic rings. The highest BCUT2D eigenvalue weighted by Crippen LogP contribution is 2.16. The number of nitrogens with one attached hydrogen (secondary N) is 2. The van der Waals surface area contributed by atoms with Crippen molar-refractivity contribution in [2.45, 2.75) is 66.5 Å². The highest BCUT2D eigenvalue weighted by atomic mass is 16.5. The molecule has 0 amide bonds. The lowest BCUT2D eigenvalue weighted by atomic mass is 10.0. The second-order valence-electron chi connectivity index (χ2n) is 5.76. The third-order valence-electron chi connectivity index (χ3n) is 3.05. The van der Waals surface area contributed by atoms with Gasteiger partial charge in [-0.3, -0.25) is 0 Å². The van der Waals surface area contributed by atoms with Crippen LogP contribution in [0.2, 0.25) is 0 Å². The van der Waals surface area contributed by atoms with Gasteiger partial charge in [0.25, 0.3) is 0 Å². The van der Waals surface area contributed by atoms with E-state index in [1.165, 1.54) is 0 Å². The van der Waals surface area contributed by atoms with Crippen molar-refractivity contribution in [1.29, 1.82) is 0 Å². The maximum absolute atomic E-state index is 5.61. The fourth-order valence-corrected chi connectivity index (χ4v) is 1.91. The highest BCUT2D eigenvalue weighted by molar-refractivity contribution is 5.36. The zero-order valence-electron chi connectivity index (χ0n) is 14.1. The largest absolute Gasteiger partial charge is 0.461 e. The molecule has 0 aliphatic heterocycles. The van der Waals surface area contributed by atoms with Gasteiger partial charge in [0.05, 0.1) is 6.10 Å². The quantitative estimate of drug-likeness (QED) is 0.728. The van der Waals surface area contributed by atoms with E-state index in [0.717, 1.165) is 19.4 Å². The average Bonchev–Trinajstić information content (AvgIpc) is 2.41. The van der Waals surface area contributed by atoms with Crippen LogP contribution in [0.5, 0.6) is 6.01 Å². The van der Waals surface area contributed by atoms with Crippen LogP contribution in [0.4, 0.5) is 11.9 Å². The van der Waals surface area contributed by atoms with Gasteiger partial charge >= 0.3 is 6.01 Å². The number of hydrogen-bond donors (Lipinski definition) is 2. The molecular formula is C15H29N5O. The molecule has 0 radical (unpaired) electrons. The summed E-state index contributed by atoms with van der Waals surface area (Å²) >= 11 is 0. The normalized spacial score (nSPS) is 12.6. The average molecular weight is 295 g/mol. The van der Waals surface area contributed by atoms with Crippen molar-refractivity contribution in [2.75, 3.05) is 17.2 Å². The molecular weight excluding hydrogens is 266 g/mol.